The number of rotatable bonds is 3. The van der Waals surface area contributed by atoms with Crippen LogP contribution in [0.4, 0.5) is 14.9 Å². The van der Waals surface area contributed by atoms with Gasteiger partial charge in [0.2, 0.25) is 0 Å². The fraction of sp³-hybridized carbons (Fsp3) is 0.133. The van der Waals surface area contributed by atoms with Crippen LogP contribution in [0.2, 0.25) is 0 Å². The molecular weight excluding hydrogens is 259 g/mol. The molecule has 0 radical (unpaired) electrons. The summed E-state index contributed by atoms with van der Waals surface area (Å²) in [5, 5.41) is 2.53. The zero-order valence-electron chi connectivity index (χ0n) is 11.0. The fourth-order valence-electron chi connectivity index (χ4n) is 1.91. The third-order valence-corrected chi connectivity index (χ3v) is 2.93. The molecule has 1 amide bonds. The van der Waals surface area contributed by atoms with Crippen molar-refractivity contribution in [3.63, 3.8) is 0 Å². The number of carbonyl (C=O) groups is 1. The standard InChI is InChI=1S/C15H15FN2O2/c1-20-15(19)18-13-8-7-11(16)9-12(13)14(17)10-5-3-2-4-6-10/h2-9,14H,17H2,1H3,(H,18,19). The van der Waals surface area contributed by atoms with E-state index in [1.54, 1.807) is 0 Å². The van der Waals surface area contributed by atoms with Crippen molar-refractivity contribution in [2.24, 2.45) is 5.73 Å². The quantitative estimate of drug-likeness (QED) is 0.904. The smallest absolute Gasteiger partial charge is 0.411 e. The Morgan fingerprint density at radius 1 is 1.25 bits per heavy atom. The number of methoxy groups -OCH3 is 1. The summed E-state index contributed by atoms with van der Waals surface area (Å²) in [6.45, 7) is 0. The predicted octanol–water partition coefficient (Wildman–Crippen LogP) is 3.05. The van der Waals surface area contributed by atoms with Crippen LogP contribution in [0.1, 0.15) is 17.2 Å². The average Bonchev–Trinajstić information content (AvgIpc) is 2.49. The maximum absolute atomic E-state index is 13.4. The van der Waals surface area contributed by atoms with Crippen LogP contribution in [0.3, 0.4) is 0 Å². The van der Waals surface area contributed by atoms with E-state index >= 15 is 0 Å². The number of anilines is 1. The highest BCUT2D eigenvalue weighted by atomic mass is 19.1. The van der Waals surface area contributed by atoms with E-state index in [9.17, 15) is 9.18 Å². The highest BCUT2D eigenvalue weighted by Gasteiger charge is 2.15. The van der Waals surface area contributed by atoms with Crippen LogP contribution in [0, 0.1) is 5.82 Å². The van der Waals surface area contributed by atoms with E-state index in [1.807, 2.05) is 30.3 Å². The zero-order valence-corrected chi connectivity index (χ0v) is 11.0. The van der Waals surface area contributed by atoms with Crippen molar-refractivity contribution in [2.75, 3.05) is 12.4 Å². The average molecular weight is 274 g/mol. The number of amides is 1. The third kappa shape index (κ3) is 3.13. The van der Waals surface area contributed by atoms with Crippen LogP contribution in [0.5, 0.6) is 0 Å². The van der Waals surface area contributed by atoms with Gasteiger partial charge in [-0.2, -0.15) is 0 Å². The molecule has 0 spiro atoms. The van der Waals surface area contributed by atoms with Crippen LogP contribution >= 0.6 is 0 Å². The van der Waals surface area contributed by atoms with Gasteiger partial charge in [0, 0.05) is 5.69 Å². The van der Waals surface area contributed by atoms with Crippen molar-refractivity contribution in [1.29, 1.82) is 0 Å². The second kappa shape index (κ2) is 6.16. The Morgan fingerprint density at radius 3 is 2.60 bits per heavy atom. The molecule has 0 aliphatic rings. The van der Waals surface area contributed by atoms with Crippen LogP contribution in [-0.4, -0.2) is 13.2 Å². The topological polar surface area (TPSA) is 64.3 Å². The highest BCUT2D eigenvalue weighted by molar-refractivity contribution is 5.85. The number of benzene rings is 2. The summed E-state index contributed by atoms with van der Waals surface area (Å²) in [7, 11) is 1.26. The van der Waals surface area contributed by atoms with E-state index in [0.29, 0.717) is 11.3 Å². The molecule has 20 heavy (non-hydrogen) atoms. The lowest BCUT2D eigenvalue weighted by Gasteiger charge is -2.17. The van der Waals surface area contributed by atoms with E-state index in [-0.39, 0.29) is 0 Å². The largest absolute Gasteiger partial charge is 0.453 e. The van der Waals surface area contributed by atoms with Crippen molar-refractivity contribution in [3.05, 3.63) is 65.5 Å². The van der Waals surface area contributed by atoms with Crippen molar-refractivity contribution < 1.29 is 13.9 Å². The van der Waals surface area contributed by atoms with Gasteiger partial charge in [-0.3, -0.25) is 5.32 Å². The van der Waals surface area contributed by atoms with E-state index in [4.69, 9.17) is 5.73 Å². The zero-order chi connectivity index (χ0) is 14.5. The van der Waals surface area contributed by atoms with E-state index in [1.165, 1.54) is 25.3 Å². The maximum atomic E-state index is 13.4. The molecule has 5 heteroatoms. The summed E-state index contributed by atoms with van der Waals surface area (Å²) in [5.41, 5.74) is 7.88. The summed E-state index contributed by atoms with van der Waals surface area (Å²) in [5.74, 6) is -0.415. The Balaban J connectivity index is 2.38. The van der Waals surface area contributed by atoms with Gasteiger partial charge in [0.25, 0.3) is 0 Å². The van der Waals surface area contributed by atoms with Crippen LogP contribution in [0.15, 0.2) is 48.5 Å². The second-order valence-corrected chi connectivity index (χ2v) is 4.24. The molecule has 0 heterocycles. The number of ether oxygens (including phenoxy) is 1. The molecule has 3 N–H and O–H groups in total. The molecule has 0 bridgehead atoms. The third-order valence-electron chi connectivity index (χ3n) is 2.93. The molecule has 2 rings (SSSR count). The van der Waals surface area contributed by atoms with Crippen LogP contribution in [-0.2, 0) is 4.74 Å². The molecule has 0 fully saturated rings. The lowest BCUT2D eigenvalue weighted by molar-refractivity contribution is 0.187. The number of hydrogen-bond donors (Lipinski definition) is 2. The monoisotopic (exact) mass is 274 g/mol. The molecule has 2 aromatic carbocycles. The number of halogens is 1. The molecule has 4 nitrogen and oxygen atoms in total. The number of nitrogens with one attached hydrogen (secondary N) is 1. The molecule has 0 aliphatic carbocycles. The van der Waals surface area contributed by atoms with Gasteiger partial charge in [0.15, 0.2) is 0 Å². The van der Waals surface area contributed by atoms with Gasteiger partial charge in [0.05, 0.1) is 13.2 Å². The van der Waals surface area contributed by atoms with Crippen LogP contribution in [0.25, 0.3) is 0 Å². The summed E-state index contributed by atoms with van der Waals surface area (Å²) in [6, 6.07) is 12.7. The molecule has 1 unspecified atom stereocenters. The van der Waals surface area contributed by atoms with Crippen molar-refractivity contribution in [3.8, 4) is 0 Å². The molecule has 2 aromatic rings. The number of nitrogens with two attached hydrogens (primary N) is 1. The summed E-state index contributed by atoms with van der Waals surface area (Å²) in [4.78, 5) is 11.3. The predicted molar refractivity (Wildman–Crippen MR) is 74.9 cm³/mol. The summed E-state index contributed by atoms with van der Waals surface area (Å²) < 4.78 is 18.0. The van der Waals surface area contributed by atoms with Gasteiger partial charge in [-0.1, -0.05) is 30.3 Å². The lowest BCUT2D eigenvalue weighted by Crippen LogP contribution is -2.18. The maximum Gasteiger partial charge on any atom is 0.411 e. The molecule has 104 valence electrons. The minimum atomic E-state index is -0.627. The Bertz CT molecular complexity index is 602. The molecule has 0 saturated carbocycles. The lowest BCUT2D eigenvalue weighted by atomic mass is 9.98. The Morgan fingerprint density at radius 2 is 1.95 bits per heavy atom. The minimum absolute atomic E-state index is 0.415. The Hall–Kier alpha value is -2.40. The van der Waals surface area contributed by atoms with E-state index < -0.39 is 18.0 Å². The molecule has 0 aliphatic heterocycles. The van der Waals surface area contributed by atoms with Crippen molar-refractivity contribution in [1.82, 2.24) is 0 Å². The summed E-state index contributed by atoms with van der Waals surface area (Å²) >= 11 is 0. The van der Waals surface area contributed by atoms with Gasteiger partial charge in [-0.05, 0) is 29.3 Å². The second-order valence-electron chi connectivity index (χ2n) is 4.24. The molecule has 0 aromatic heterocycles. The molecular formula is C15H15FN2O2. The first kappa shape index (κ1) is 14.0. The van der Waals surface area contributed by atoms with Crippen LogP contribution < -0.4 is 11.1 Å². The first-order chi connectivity index (χ1) is 9.61. The van der Waals surface area contributed by atoms with Crippen molar-refractivity contribution >= 4 is 11.8 Å². The van der Waals surface area contributed by atoms with E-state index in [2.05, 4.69) is 10.1 Å². The first-order valence-corrected chi connectivity index (χ1v) is 6.06. The minimum Gasteiger partial charge on any atom is -0.453 e. The molecule has 1 atom stereocenters. The molecule has 0 saturated heterocycles. The van der Waals surface area contributed by atoms with Gasteiger partial charge in [0.1, 0.15) is 5.82 Å². The number of hydrogen-bond acceptors (Lipinski definition) is 3. The van der Waals surface area contributed by atoms with Gasteiger partial charge < -0.3 is 10.5 Å². The van der Waals surface area contributed by atoms with E-state index in [0.717, 1.165) is 5.56 Å². The van der Waals surface area contributed by atoms with Crippen molar-refractivity contribution in [2.45, 2.75) is 6.04 Å². The highest BCUT2D eigenvalue weighted by Crippen LogP contribution is 2.27. The summed E-state index contributed by atoms with van der Waals surface area (Å²) in [6.07, 6.45) is -0.627. The first-order valence-electron chi connectivity index (χ1n) is 6.06. The SMILES string of the molecule is COC(=O)Nc1ccc(F)cc1C(N)c1ccccc1. The Kier molecular flexibility index (Phi) is 4.32. The van der Waals surface area contributed by atoms with Gasteiger partial charge >= 0.3 is 6.09 Å². The fourth-order valence-corrected chi connectivity index (χ4v) is 1.91. The Labute approximate surface area is 116 Å². The van der Waals surface area contributed by atoms with Gasteiger partial charge in [-0.15, -0.1) is 0 Å². The normalized spacial score (nSPS) is 11.8. The number of carbonyl (C=O) groups excluding carboxylic acids is 1. The van der Waals surface area contributed by atoms with Gasteiger partial charge in [-0.25, -0.2) is 9.18 Å².